The first-order valence-corrected chi connectivity index (χ1v) is 7.05. The summed E-state index contributed by atoms with van der Waals surface area (Å²) in [5.74, 6) is -2.35. The van der Waals surface area contributed by atoms with E-state index < -0.39 is 29.9 Å². The Balaban J connectivity index is 4.11. The van der Waals surface area contributed by atoms with Crippen molar-refractivity contribution in [3.8, 4) is 0 Å². The molecule has 0 aliphatic rings. The van der Waals surface area contributed by atoms with E-state index >= 15 is 0 Å². The Morgan fingerprint density at radius 2 is 1.81 bits per heavy atom. The Hall–Kier alpha value is -1.67. The second-order valence-corrected chi connectivity index (χ2v) is 5.24. The lowest BCUT2D eigenvalue weighted by Gasteiger charge is -2.18. The molecule has 0 saturated carbocycles. The van der Waals surface area contributed by atoms with E-state index in [1.54, 1.807) is 13.8 Å². The first kappa shape index (κ1) is 19.3. The van der Waals surface area contributed by atoms with Gasteiger partial charge in [-0.15, -0.1) is 0 Å². The van der Waals surface area contributed by atoms with Gasteiger partial charge in [0.05, 0.1) is 12.6 Å². The molecule has 0 aromatic carbocycles. The molecule has 0 aromatic heterocycles. The van der Waals surface area contributed by atoms with Crippen molar-refractivity contribution in [2.45, 2.75) is 45.2 Å². The Morgan fingerprint density at radius 3 is 2.29 bits per heavy atom. The fraction of sp³-hybridized carbons (Fsp3) is 0.769. The summed E-state index contributed by atoms with van der Waals surface area (Å²) in [6.07, 6.45) is 2.02. The summed E-state index contributed by atoms with van der Waals surface area (Å²) in [7, 11) is 0. The molecule has 0 heterocycles. The Labute approximate surface area is 124 Å². The van der Waals surface area contributed by atoms with Crippen molar-refractivity contribution in [1.29, 1.82) is 0 Å². The van der Waals surface area contributed by atoms with Crippen LogP contribution >= 0.6 is 0 Å². The topological polar surface area (TPSA) is 148 Å². The molecule has 0 spiro atoms. The van der Waals surface area contributed by atoms with E-state index in [1.807, 2.05) is 0 Å². The highest BCUT2D eigenvalue weighted by atomic mass is 16.4. The lowest BCUT2D eigenvalue weighted by molar-refractivity contribution is -0.143. The van der Waals surface area contributed by atoms with Crippen molar-refractivity contribution in [2.75, 3.05) is 13.1 Å². The quantitative estimate of drug-likeness (QED) is 0.320. The van der Waals surface area contributed by atoms with Crippen LogP contribution in [0.5, 0.6) is 0 Å². The van der Waals surface area contributed by atoms with Crippen LogP contribution < -0.4 is 22.1 Å². The van der Waals surface area contributed by atoms with Gasteiger partial charge in [-0.2, -0.15) is 0 Å². The monoisotopic (exact) mass is 302 g/mol. The third-order valence-electron chi connectivity index (χ3n) is 2.98. The van der Waals surface area contributed by atoms with Crippen molar-refractivity contribution < 1.29 is 19.5 Å². The molecular weight excluding hydrogens is 276 g/mol. The summed E-state index contributed by atoms with van der Waals surface area (Å²) in [4.78, 5) is 34.2. The Bertz CT molecular complexity index is 360. The zero-order chi connectivity index (χ0) is 16.4. The van der Waals surface area contributed by atoms with Gasteiger partial charge >= 0.3 is 5.97 Å². The van der Waals surface area contributed by atoms with Gasteiger partial charge in [-0.25, -0.2) is 4.79 Å². The van der Waals surface area contributed by atoms with Gasteiger partial charge < -0.3 is 27.2 Å². The van der Waals surface area contributed by atoms with E-state index in [0.717, 1.165) is 12.8 Å². The molecule has 2 atom stereocenters. The number of amides is 2. The van der Waals surface area contributed by atoms with Crippen LogP contribution in [0, 0.1) is 5.92 Å². The smallest absolute Gasteiger partial charge is 0.326 e. The van der Waals surface area contributed by atoms with Crippen molar-refractivity contribution in [1.82, 2.24) is 10.6 Å². The molecule has 8 heteroatoms. The van der Waals surface area contributed by atoms with E-state index in [-0.39, 0.29) is 12.5 Å². The zero-order valence-electron chi connectivity index (χ0n) is 12.6. The first-order valence-electron chi connectivity index (χ1n) is 7.05. The van der Waals surface area contributed by atoms with Gasteiger partial charge in [0.2, 0.25) is 11.8 Å². The molecule has 0 aliphatic heterocycles. The van der Waals surface area contributed by atoms with Gasteiger partial charge in [-0.1, -0.05) is 20.3 Å². The molecule has 2 unspecified atom stereocenters. The first-order chi connectivity index (χ1) is 9.79. The van der Waals surface area contributed by atoms with Gasteiger partial charge in [0.15, 0.2) is 0 Å². The molecule has 0 aliphatic carbocycles. The highest BCUT2D eigenvalue weighted by Crippen LogP contribution is 2.01. The number of carbonyl (C=O) groups excluding carboxylic acids is 2. The zero-order valence-corrected chi connectivity index (χ0v) is 12.6. The van der Waals surface area contributed by atoms with Crippen LogP contribution in [0.25, 0.3) is 0 Å². The molecule has 7 N–H and O–H groups in total. The maximum atomic E-state index is 11.6. The van der Waals surface area contributed by atoms with Crippen LogP contribution in [0.15, 0.2) is 0 Å². The van der Waals surface area contributed by atoms with Crippen molar-refractivity contribution in [3.63, 3.8) is 0 Å². The van der Waals surface area contributed by atoms with Crippen LogP contribution in [0.4, 0.5) is 0 Å². The molecule has 0 rings (SSSR count). The van der Waals surface area contributed by atoms with E-state index in [0.29, 0.717) is 13.0 Å². The number of rotatable bonds is 10. The number of hydrogen-bond donors (Lipinski definition) is 5. The molecule has 0 bridgehead atoms. The standard InChI is InChI=1S/C13H26N4O4/c1-8(2)11(13(20)21)17-10(18)7-16-12(19)9(15)5-3-4-6-14/h8-9,11H,3-7,14-15H2,1-2H3,(H,16,19)(H,17,18)(H,20,21). The number of unbranched alkanes of at least 4 members (excludes halogenated alkanes) is 1. The summed E-state index contributed by atoms with van der Waals surface area (Å²) < 4.78 is 0. The summed E-state index contributed by atoms with van der Waals surface area (Å²) in [6, 6.07) is -1.67. The number of aliphatic carboxylic acids is 1. The number of carbonyl (C=O) groups is 3. The largest absolute Gasteiger partial charge is 0.480 e. The lowest BCUT2D eigenvalue weighted by Crippen LogP contribution is -2.50. The third-order valence-corrected chi connectivity index (χ3v) is 2.98. The summed E-state index contributed by atoms with van der Waals surface area (Å²) in [6.45, 7) is 3.62. The van der Waals surface area contributed by atoms with Crippen LogP contribution in [-0.2, 0) is 14.4 Å². The van der Waals surface area contributed by atoms with Gasteiger partial charge in [-0.3, -0.25) is 9.59 Å². The number of hydrogen-bond acceptors (Lipinski definition) is 5. The predicted octanol–water partition coefficient (Wildman–Crippen LogP) is -1.22. The normalized spacial score (nSPS) is 13.6. The number of carboxylic acid groups (broad SMARTS) is 1. The summed E-state index contributed by atoms with van der Waals surface area (Å²) in [5.41, 5.74) is 11.0. The minimum atomic E-state index is -1.11. The second-order valence-electron chi connectivity index (χ2n) is 5.24. The summed E-state index contributed by atoms with van der Waals surface area (Å²) in [5, 5.41) is 13.7. The molecule has 0 saturated heterocycles. The number of carboxylic acids is 1. The number of nitrogens with two attached hydrogens (primary N) is 2. The van der Waals surface area contributed by atoms with Crippen LogP contribution in [0.2, 0.25) is 0 Å². The SMILES string of the molecule is CC(C)C(NC(=O)CNC(=O)C(N)CCCCN)C(=O)O. The minimum absolute atomic E-state index is 0.249. The molecule has 0 aromatic rings. The van der Waals surface area contributed by atoms with Gasteiger partial charge in [0, 0.05) is 0 Å². The minimum Gasteiger partial charge on any atom is -0.480 e. The summed E-state index contributed by atoms with van der Waals surface area (Å²) >= 11 is 0. The van der Waals surface area contributed by atoms with Crippen molar-refractivity contribution in [2.24, 2.45) is 17.4 Å². The van der Waals surface area contributed by atoms with Gasteiger partial charge in [0.25, 0.3) is 0 Å². The highest BCUT2D eigenvalue weighted by Gasteiger charge is 2.23. The van der Waals surface area contributed by atoms with Crippen molar-refractivity contribution >= 4 is 17.8 Å². The average molecular weight is 302 g/mol. The lowest BCUT2D eigenvalue weighted by atomic mass is 10.0. The third kappa shape index (κ3) is 8.26. The molecular formula is C13H26N4O4. The molecule has 21 heavy (non-hydrogen) atoms. The predicted molar refractivity (Wildman–Crippen MR) is 78.3 cm³/mol. The fourth-order valence-electron chi connectivity index (χ4n) is 1.68. The molecule has 0 radical (unpaired) electrons. The van der Waals surface area contributed by atoms with E-state index in [2.05, 4.69) is 10.6 Å². The van der Waals surface area contributed by atoms with Gasteiger partial charge in [-0.05, 0) is 25.3 Å². The van der Waals surface area contributed by atoms with Crippen LogP contribution in [0.1, 0.15) is 33.1 Å². The van der Waals surface area contributed by atoms with Crippen molar-refractivity contribution in [3.05, 3.63) is 0 Å². The van der Waals surface area contributed by atoms with Crippen LogP contribution in [0.3, 0.4) is 0 Å². The maximum Gasteiger partial charge on any atom is 0.326 e. The Morgan fingerprint density at radius 1 is 1.19 bits per heavy atom. The average Bonchev–Trinajstić information content (AvgIpc) is 2.41. The number of nitrogens with one attached hydrogen (secondary N) is 2. The second kappa shape index (κ2) is 10.1. The highest BCUT2D eigenvalue weighted by molar-refractivity contribution is 5.89. The Kier molecular flexibility index (Phi) is 9.31. The molecule has 122 valence electrons. The molecule has 0 fully saturated rings. The molecule has 2 amide bonds. The maximum absolute atomic E-state index is 11.6. The van der Waals surface area contributed by atoms with E-state index in [1.165, 1.54) is 0 Å². The van der Waals surface area contributed by atoms with E-state index in [9.17, 15) is 14.4 Å². The van der Waals surface area contributed by atoms with Gasteiger partial charge in [0.1, 0.15) is 6.04 Å². The van der Waals surface area contributed by atoms with Crippen LogP contribution in [-0.4, -0.2) is 48.1 Å². The molecule has 8 nitrogen and oxygen atoms in total. The van der Waals surface area contributed by atoms with E-state index in [4.69, 9.17) is 16.6 Å². The fourth-order valence-corrected chi connectivity index (χ4v) is 1.68.